The Morgan fingerprint density at radius 3 is 2.37 bits per heavy atom. The van der Waals surface area contributed by atoms with E-state index in [-0.39, 0.29) is 44.5 Å². The number of benzene rings is 2. The first-order valence-electron chi connectivity index (χ1n) is 15.2. The van der Waals surface area contributed by atoms with Gasteiger partial charge in [-0.05, 0) is 73.0 Å². The number of piperazine rings is 1. The molecule has 3 amide bonds. The lowest BCUT2D eigenvalue weighted by Gasteiger charge is -2.40. The summed E-state index contributed by atoms with van der Waals surface area (Å²) in [5.41, 5.74) is 1.85. The van der Waals surface area contributed by atoms with Gasteiger partial charge in [-0.25, -0.2) is 0 Å². The number of nitrogens with zero attached hydrogens (tertiary/aromatic N) is 3. The maximum absolute atomic E-state index is 13.9. The predicted octanol–water partition coefficient (Wildman–Crippen LogP) is 4.27. The fourth-order valence-corrected chi connectivity index (χ4v) is 6.19. The number of carbonyl (C=O) groups excluding carboxylic acids is 4. The number of carbonyl (C=O) groups is 4. The number of ether oxygens (including phenoxy) is 3. The lowest BCUT2D eigenvalue weighted by Crippen LogP contribution is -2.61. The molecular weight excluding hydrogens is 630 g/mol. The molecule has 0 saturated carbocycles. The lowest BCUT2D eigenvalue weighted by atomic mass is 10.0. The van der Waals surface area contributed by atoms with Crippen LogP contribution in [-0.2, 0) is 43.2 Å². The van der Waals surface area contributed by atoms with Crippen molar-refractivity contribution < 1.29 is 33.4 Å². The number of hydrogen-bond acceptors (Lipinski definition) is 8. The molecule has 1 aliphatic heterocycles. The summed E-state index contributed by atoms with van der Waals surface area (Å²) in [4.78, 5) is 59.4. The Kier molecular flexibility index (Phi) is 12.9. The number of esters is 1. The second kappa shape index (κ2) is 17.0. The summed E-state index contributed by atoms with van der Waals surface area (Å²) in [7, 11) is 3.10. The highest BCUT2D eigenvalue weighted by atomic mass is 35.5. The Bertz CT molecular complexity index is 1480. The zero-order chi connectivity index (χ0) is 33.1. The van der Waals surface area contributed by atoms with Crippen molar-refractivity contribution in [1.29, 1.82) is 0 Å². The van der Waals surface area contributed by atoms with Crippen LogP contribution in [0.4, 0.5) is 0 Å². The molecule has 4 rings (SSSR count). The van der Waals surface area contributed by atoms with Crippen molar-refractivity contribution in [3.63, 3.8) is 0 Å². The summed E-state index contributed by atoms with van der Waals surface area (Å²) in [5.74, 6) is -0.339. The van der Waals surface area contributed by atoms with Crippen molar-refractivity contribution in [2.75, 3.05) is 53.6 Å². The summed E-state index contributed by atoms with van der Waals surface area (Å²) in [6.07, 6.45) is 1.26. The maximum atomic E-state index is 13.9. The minimum Gasteiger partial charge on any atom is -0.493 e. The minimum absolute atomic E-state index is 0.0621. The van der Waals surface area contributed by atoms with Gasteiger partial charge in [0.15, 0.2) is 11.5 Å². The molecule has 1 aromatic heterocycles. The summed E-state index contributed by atoms with van der Waals surface area (Å²) in [6, 6.07) is 15.7. The zero-order valence-electron chi connectivity index (χ0n) is 26.4. The number of rotatable bonds is 16. The fraction of sp³-hybridized carbons (Fsp3) is 0.412. The second-order valence-electron chi connectivity index (χ2n) is 10.8. The third-order valence-corrected chi connectivity index (χ3v) is 9.03. The molecule has 246 valence electrons. The van der Waals surface area contributed by atoms with E-state index in [1.54, 1.807) is 50.7 Å². The van der Waals surface area contributed by atoms with E-state index in [1.807, 2.05) is 41.8 Å². The zero-order valence-corrected chi connectivity index (χ0v) is 28.0. The van der Waals surface area contributed by atoms with Gasteiger partial charge in [0.2, 0.25) is 17.7 Å². The van der Waals surface area contributed by atoms with Gasteiger partial charge in [0.1, 0.15) is 12.6 Å². The molecule has 1 aliphatic rings. The molecule has 1 fully saturated rings. The van der Waals surface area contributed by atoms with Crippen LogP contribution in [-0.4, -0.2) is 98.0 Å². The second-order valence-corrected chi connectivity index (χ2v) is 12.3. The Labute approximate surface area is 278 Å². The van der Waals surface area contributed by atoms with Crippen molar-refractivity contribution in [1.82, 2.24) is 14.7 Å². The van der Waals surface area contributed by atoms with E-state index >= 15 is 0 Å². The smallest absolute Gasteiger partial charge is 0.325 e. The van der Waals surface area contributed by atoms with E-state index in [2.05, 4.69) is 0 Å². The number of hydrogen-bond donors (Lipinski definition) is 0. The molecule has 2 aromatic carbocycles. The molecule has 0 N–H and O–H groups in total. The van der Waals surface area contributed by atoms with E-state index in [9.17, 15) is 19.2 Å². The van der Waals surface area contributed by atoms with Crippen LogP contribution in [0.5, 0.6) is 11.5 Å². The average Bonchev–Trinajstić information content (AvgIpc) is 3.58. The first-order valence-corrected chi connectivity index (χ1v) is 16.5. The van der Waals surface area contributed by atoms with Gasteiger partial charge < -0.3 is 28.9 Å². The molecule has 12 heteroatoms. The maximum Gasteiger partial charge on any atom is 0.325 e. The predicted molar refractivity (Wildman–Crippen MR) is 176 cm³/mol. The fourth-order valence-electron chi connectivity index (χ4n) is 5.37. The van der Waals surface area contributed by atoms with Gasteiger partial charge in [0.25, 0.3) is 0 Å². The van der Waals surface area contributed by atoms with Crippen molar-refractivity contribution in [3.05, 3.63) is 81.0 Å². The van der Waals surface area contributed by atoms with Crippen LogP contribution < -0.4 is 9.47 Å². The van der Waals surface area contributed by atoms with Crippen LogP contribution in [0.3, 0.4) is 0 Å². The van der Waals surface area contributed by atoms with Crippen molar-refractivity contribution >= 4 is 46.6 Å². The molecule has 0 aliphatic carbocycles. The van der Waals surface area contributed by atoms with Crippen molar-refractivity contribution in [3.8, 4) is 11.5 Å². The summed E-state index contributed by atoms with van der Waals surface area (Å²) in [6.45, 7) is 2.35. The monoisotopic (exact) mass is 669 g/mol. The van der Waals surface area contributed by atoms with Crippen LogP contribution in [0.1, 0.15) is 29.3 Å². The molecule has 1 atom stereocenters. The van der Waals surface area contributed by atoms with E-state index in [0.717, 1.165) is 16.0 Å². The van der Waals surface area contributed by atoms with Crippen molar-refractivity contribution in [2.45, 2.75) is 38.6 Å². The third kappa shape index (κ3) is 9.46. The number of amides is 3. The normalized spacial score (nSPS) is 14.7. The Morgan fingerprint density at radius 2 is 1.70 bits per heavy atom. The standard InChI is InChI=1S/C34H40ClN3O7S/c1-4-45-33(41)23-36(16-14-25-9-12-29(43-2)30(20-25)44-3)31(39)21-28-34(42)37(17-13-24-7-10-26(35)11-8-24)22-32(40)38(28)18-15-27-6-5-19-46-27/h5-12,19-20,28H,4,13-18,21-23H2,1-3H3. The molecule has 1 unspecified atom stereocenters. The number of thiophene rings is 1. The Morgan fingerprint density at radius 1 is 0.957 bits per heavy atom. The van der Waals surface area contributed by atoms with Crippen molar-refractivity contribution in [2.24, 2.45) is 0 Å². The highest BCUT2D eigenvalue weighted by Crippen LogP contribution is 2.28. The van der Waals surface area contributed by atoms with Crippen LogP contribution in [0.25, 0.3) is 0 Å². The SMILES string of the molecule is CCOC(=O)CN(CCc1ccc(OC)c(OC)c1)C(=O)CC1C(=O)N(CCc2ccc(Cl)cc2)CC(=O)N1CCc1cccs1. The quantitative estimate of drug-likeness (QED) is 0.210. The largest absolute Gasteiger partial charge is 0.493 e. The molecule has 0 bridgehead atoms. The van der Waals surface area contributed by atoms with Gasteiger partial charge in [-0.15, -0.1) is 11.3 Å². The molecule has 3 aromatic rings. The van der Waals surface area contributed by atoms with Gasteiger partial charge >= 0.3 is 5.97 Å². The average molecular weight is 670 g/mol. The van der Waals surface area contributed by atoms with Gasteiger partial charge in [0, 0.05) is 29.5 Å². The molecule has 2 heterocycles. The third-order valence-electron chi connectivity index (χ3n) is 7.85. The Hall–Kier alpha value is -4.09. The summed E-state index contributed by atoms with van der Waals surface area (Å²) < 4.78 is 15.9. The van der Waals surface area contributed by atoms with Gasteiger partial charge in [-0.3, -0.25) is 19.2 Å². The number of halogens is 1. The highest BCUT2D eigenvalue weighted by molar-refractivity contribution is 7.09. The van der Waals surface area contributed by atoms with Crippen LogP contribution in [0, 0.1) is 0 Å². The van der Waals surface area contributed by atoms with E-state index in [1.165, 1.54) is 14.7 Å². The van der Waals surface area contributed by atoms with E-state index < -0.39 is 17.9 Å². The van der Waals surface area contributed by atoms with Crippen LogP contribution in [0.15, 0.2) is 60.0 Å². The summed E-state index contributed by atoms with van der Waals surface area (Å²) in [5, 5.41) is 2.58. The molecule has 10 nitrogen and oxygen atoms in total. The molecule has 0 spiro atoms. The first-order chi connectivity index (χ1) is 22.2. The van der Waals surface area contributed by atoms with Gasteiger partial charge in [0.05, 0.1) is 33.8 Å². The summed E-state index contributed by atoms with van der Waals surface area (Å²) >= 11 is 7.60. The molecule has 1 saturated heterocycles. The van der Waals surface area contributed by atoms with Gasteiger partial charge in [-0.1, -0.05) is 35.9 Å². The van der Waals surface area contributed by atoms with E-state index in [4.69, 9.17) is 25.8 Å². The lowest BCUT2D eigenvalue weighted by molar-refractivity contribution is -0.158. The van der Waals surface area contributed by atoms with Crippen LogP contribution >= 0.6 is 22.9 Å². The first kappa shape index (κ1) is 34.8. The molecule has 46 heavy (non-hydrogen) atoms. The Balaban J connectivity index is 1.53. The molecule has 0 radical (unpaired) electrons. The van der Waals surface area contributed by atoms with Gasteiger partial charge in [-0.2, -0.15) is 0 Å². The molecular formula is C34H40ClN3O7S. The highest BCUT2D eigenvalue weighted by Gasteiger charge is 2.41. The minimum atomic E-state index is -0.996. The van der Waals surface area contributed by atoms with E-state index in [0.29, 0.717) is 48.9 Å². The topological polar surface area (TPSA) is 106 Å². The van der Waals surface area contributed by atoms with Crippen LogP contribution in [0.2, 0.25) is 5.02 Å². The number of methoxy groups -OCH3 is 2.